The molecule has 0 spiro atoms. The van der Waals surface area contributed by atoms with Crippen molar-refractivity contribution in [3.05, 3.63) is 35.7 Å². The first kappa shape index (κ1) is 9.25. The summed E-state index contributed by atoms with van der Waals surface area (Å²) in [6, 6.07) is 4.10. The molecule has 0 bridgehead atoms. The lowest BCUT2D eigenvalue weighted by Gasteiger charge is -1.96. The number of carboxylic acid groups (broad SMARTS) is 1. The summed E-state index contributed by atoms with van der Waals surface area (Å²) >= 11 is 0. The van der Waals surface area contributed by atoms with E-state index in [-0.39, 0.29) is 5.69 Å². The molecule has 1 rings (SSSR count). The second kappa shape index (κ2) is 3.71. The number of halogens is 1. The molecule has 0 saturated carbocycles. The molecular formula is C9H8FNO2. The lowest BCUT2D eigenvalue weighted by molar-refractivity contribution is -0.131. The van der Waals surface area contributed by atoms with Crippen LogP contribution in [0.3, 0.4) is 0 Å². The third-order valence-corrected chi connectivity index (χ3v) is 1.44. The van der Waals surface area contributed by atoms with Crippen LogP contribution >= 0.6 is 0 Å². The molecule has 0 heterocycles. The molecule has 68 valence electrons. The predicted octanol–water partition coefficient (Wildman–Crippen LogP) is 1.51. The number of hydrogen-bond acceptors (Lipinski definition) is 2. The van der Waals surface area contributed by atoms with E-state index in [1.165, 1.54) is 24.3 Å². The number of anilines is 1. The zero-order valence-electron chi connectivity index (χ0n) is 6.70. The molecule has 1 aromatic carbocycles. The summed E-state index contributed by atoms with van der Waals surface area (Å²) in [7, 11) is 0. The van der Waals surface area contributed by atoms with Gasteiger partial charge in [0, 0.05) is 6.08 Å². The van der Waals surface area contributed by atoms with Crippen molar-refractivity contribution in [1.82, 2.24) is 0 Å². The van der Waals surface area contributed by atoms with Crippen LogP contribution in [0, 0.1) is 5.82 Å². The Morgan fingerprint density at radius 3 is 2.77 bits per heavy atom. The predicted molar refractivity (Wildman–Crippen MR) is 47.5 cm³/mol. The van der Waals surface area contributed by atoms with Crippen molar-refractivity contribution < 1.29 is 14.3 Å². The maximum absolute atomic E-state index is 12.8. The van der Waals surface area contributed by atoms with Crippen LogP contribution in [0.2, 0.25) is 0 Å². The number of aliphatic carboxylic acids is 1. The van der Waals surface area contributed by atoms with Gasteiger partial charge >= 0.3 is 5.97 Å². The molecule has 13 heavy (non-hydrogen) atoms. The summed E-state index contributed by atoms with van der Waals surface area (Å²) in [5.41, 5.74) is 5.74. The topological polar surface area (TPSA) is 63.3 Å². The average molecular weight is 181 g/mol. The second-order valence-electron chi connectivity index (χ2n) is 2.45. The number of carboxylic acids is 1. The molecular weight excluding hydrogens is 173 g/mol. The lowest BCUT2D eigenvalue weighted by Crippen LogP contribution is -1.90. The largest absolute Gasteiger partial charge is 0.478 e. The van der Waals surface area contributed by atoms with E-state index >= 15 is 0 Å². The van der Waals surface area contributed by atoms with Crippen LogP contribution in [0.15, 0.2) is 24.3 Å². The third kappa shape index (κ3) is 2.59. The normalized spacial score (nSPS) is 10.5. The molecule has 0 fully saturated rings. The molecule has 0 atom stereocenters. The Bertz CT molecular complexity index is 361. The summed E-state index contributed by atoms with van der Waals surface area (Å²) in [6.45, 7) is 0. The zero-order valence-corrected chi connectivity index (χ0v) is 6.70. The molecule has 1 aromatic rings. The molecule has 0 unspecified atom stereocenters. The smallest absolute Gasteiger partial charge is 0.328 e. The van der Waals surface area contributed by atoms with Crippen LogP contribution in [0.25, 0.3) is 6.08 Å². The van der Waals surface area contributed by atoms with Crippen molar-refractivity contribution >= 4 is 17.7 Å². The molecule has 0 radical (unpaired) electrons. The number of nitrogens with two attached hydrogens (primary N) is 1. The molecule has 0 saturated heterocycles. The highest BCUT2D eigenvalue weighted by molar-refractivity contribution is 5.85. The van der Waals surface area contributed by atoms with E-state index in [4.69, 9.17) is 10.8 Å². The first-order valence-corrected chi connectivity index (χ1v) is 3.55. The minimum atomic E-state index is -1.07. The van der Waals surface area contributed by atoms with E-state index in [1.807, 2.05) is 0 Å². The van der Waals surface area contributed by atoms with Gasteiger partial charge in [0.05, 0.1) is 5.69 Å². The molecule has 3 N–H and O–H groups in total. The first-order valence-electron chi connectivity index (χ1n) is 3.55. The Balaban J connectivity index is 2.92. The maximum Gasteiger partial charge on any atom is 0.328 e. The molecule has 0 aliphatic carbocycles. The minimum absolute atomic E-state index is 0.0486. The highest BCUT2D eigenvalue weighted by Crippen LogP contribution is 2.12. The summed E-state index contributed by atoms with van der Waals surface area (Å²) in [5.74, 6) is -1.62. The lowest BCUT2D eigenvalue weighted by atomic mass is 10.2. The fourth-order valence-corrected chi connectivity index (χ4v) is 0.815. The van der Waals surface area contributed by atoms with Gasteiger partial charge in [-0.25, -0.2) is 9.18 Å². The van der Waals surface area contributed by atoms with Gasteiger partial charge in [-0.05, 0) is 23.8 Å². The van der Waals surface area contributed by atoms with E-state index in [1.54, 1.807) is 0 Å². The highest BCUT2D eigenvalue weighted by atomic mass is 19.1. The van der Waals surface area contributed by atoms with Crippen LogP contribution in [0.4, 0.5) is 10.1 Å². The van der Waals surface area contributed by atoms with Gasteiger partial charge in [-0.1, -0.05) is 6.07 Å². The molecule has 0 aromatic heterocycles. The zero-order chi connectivity index (χ0) is 9.84. The maximum atomic E-state index is 12.8. The Labute approximate surface area is 74.3 Å². The van der Waals surface area contributed by atoms with Crippen LogP contribution in [-0.4, -0.2) is 11.1 Å². The number of benzene rings is 1. The number of carbonyl (C=O) groups is 1. The standard InChI is InChI=1S/C9H8FNO2/c10-7-5-6(1-3-8(7)11)2-4-9(12)13/h1-5H,11H2,(H,12,13)/b4-2+. The Morgan fingerprint density at radius 2 is 2.23 bits per heavy atom. The van der Waals surface area contributed by atoms with Gasteiger partial charge in [-0.2, -0.15) is 0 Å². The van der Waals surface area contributed by atoms with E-state index in [2.05, 4.69) is 0 Å². The van der Waals surface area contributed by atoms with E-state index in [0.29, 0.717) is 5.56 Å². The fourth-order valence-electron chi connectivity index (χ4n) is 0.815. The van der Waals surface area contributed by atoms with Gasteiger partial charge in [0.25, 0.3) is 0 Å². The van der Waals surface area contributed by atoms with Crippen LogP contribution in [0.1, 0.15) is 5.56 Å². The molecule has 0 aliphatic rings. The SMILES string of the molecule is Nc1ccc(/C=C/C(=O)O)cc1F. The Morgan fingerprint density at radius 1 is 1.54 bits per heavy atom. The van der Waals surface area contributed by atoms with E-state index in [0.717, 1.165) is 6.08 Å². The van der Waals surface area contributed by atoms with Crippen LogP contribution < -0.4 is 5.73 Å². The number of nitrogen functional groups attached to an aromatic ring is 1. The van der Waals surface area contributed by atoms with Crippen molar-refractivity contribution in [2.24, 2.45) is 0 Å². The van der Waals surface area contributed by atoms with Gasteiger partial charge in [0.15, 0.2) is 0 Å². The van der Waals surface area contributed by atoms with Crippen molar-refractivity contribution in [1.29, 1.82) is 0 Å². The van der Waals surface area contributed by atoms with Gasteiger partial charge < -0.3 is 10.8 Å². The van der Waals surface area contributed by atoms with Gasteiger partial charge in [0.1, 0.15) is 5.82 Å². The molecule has 0 aliphatic heterocycles. The van der Waals surface area contributed by atoms with Crippen molar-refractivity contribution in [3.8, 4) is 0 Å². The quantitative estimate of drug-likeness (QED) is 0.536. The minimum Gasteiger partial charge on any atom is -0.478 e. The summed E-state index contributed by atoms with van der Waals surface area (Å²) in [6.07, 6.45) is 2.23. The van der Waals surface area contributed by atoms with E-state index < -0.39 is 11.8 Å². The molecule has 4 heteroatoms. The Kier molecular flexibility index (Phi) is 2.64. The third-order valence-electron chi connectivity index (χ3n) is 1.44. The number of rotatable bonds is 2. The average Bonchev–Trinajstić information content (AvgIpc) is 2.07. The fraction of sp³-hybridized carbons (Fsp3) is 0. The molecule has 0 amide bonds. The summed E-state index contributed by atoms with van der Waals surface area (Å²) in [4.78, 5) is 10.1. The first-order chi connectivity index (χ1) is 6.09. The Hall–Kier alpha value is -1.84. The monoisotopic (exact) mass is 181 g/mol. The summed E-state index contributed by atoms with van der Waals surface area (Å²) in [5, 5.41) is 8.29. The van der Waals surface area contributed by atoms with Crippen molar-refractivity contribution in [3.63, 3.8) is 0 Å². The number of hydrogen-bond donors (Lipinski definition) is 2. The van der Waals surface area contributed by atoms with Crippen LogP contribution in [0.5, 0.6) is 0 Å². The van der Waals surface area contributed by atoms with Crippen molar-refractivity contribution in [2.45, 2.75) is 0 Å². The summed E-state index contributed by atoms with van der Waals surface area (Å²) < 4.78 is 12.8. The van der Waals surface area contributed by atoms with E-state index in [9.17, 15) is 9.18 Å². The highest BCUT2D eigenvalue weighted by Gasteiger charge is 1.97. The second-order valence-corrected chi connectivity index (χ2v) is 2.45. The van der Waals surface area contributed by atoms with Crippen molar-refractivity contribution in [2.75, 3.05) is 5.73 Å². The van der Waals surface area contributed by atoms with Gasteiger partial charge in [0.2, 0.25) is 0 Å². The van der Waals surface area contributed by atoms with Gasteiger partial charge in [-0.3, -0.25) is 0 Å². The molecule has 3 nitrogen and oxygen atoms in total. The van der Waals surface area contributed by atoms with Crippen LogP contribution in [-0.2, 0) is 4.79 Å². The van der Waals surface area contributed by atoms with Gasteiger partial charge in [-0.15, -0.1) is 0 Å².